The summed E-state index contributed by atoms with van der Waals surface area (Å²) in [6.07, 6.45) is 6.76. The number of H-pyrrole nitrogens is 1. The van der Waals surface area contributed by atoms with Crippen molar-refractivity contribution in [3.05, 3.63) is 36.2 Å². The largest absolute Gasteiger partial charge is 0.365 e. The summed E-state index contributed by atoms with van der Waals surface area (Å²) >= 11 is 0. The van der Waals surface area contributed by atoms with Gasteiger partial charge in [-0.15, -0.1) is 0 Å². The van der Waals surface area contributed by atoms with Gasteiger partial charge in [-0.3, -0.25) is 4.79 Å². The third kappa shape index (κ3) is 1.90. The molecule has 0 saturated carbocycles. The molecule has 0 atom stereocenters. The molecule has 0 aliphatic carbocycles. The van der Waals surface area contributed by atoms with Crippen LogP contribution in [0.4, 0.5) is 0 Å². The van der Waals surface area contributed by atoms with Crippen LogP contribution >= 0.6 is 0 Å². The second kappa shape index (κ2) is 3.67. The normalized spacial score (nSPS) is 10.4. The number of aromatic amines is 1. The Kier molecular flexibility index (Phi) is 2.49. The Morgan fingerprint density at radius 2 is 2.50 bits per heavy atom. The van der Waals surface area contributed by atoms with Crippen LogP contribution in [0.25, 0.3) is 0 Å². The summed E-state index contributed by atoms with van der Waals surface area (Å²) in [5.74, 6) is 0. The number of aldehydes is 1. The lowest BCUT2D eigenvalue weighted by molar-refractivity contribution is -0.104. The third-order valence-electron chi connectivity index (χ3n) is 1.21. The average Bonchev–Trinajstić information content (AvgIpc) is 2.41. The van der Waals surface area contributed by atoms with E-state index in [-0.39, 0.29) is 0 Å². The van der Waals surface area contributed by atoms with Gasteiger partial charge in [-0.2, -0.15) is 0 Å². The molecule has 52 valence electrons. The molecule has 1 heterocycles. The van der Waals surface area contributed by atoms with E-state index in [2.05, 4.69) is 4.98 Å². The van der Waals surface area contributed by atoms with Crippen molar-refractivity contribution in [2.24, 2.45) is 0 Å². The van der Waals surface area contributed by atoms with Gasteiger partial charge in [-0.05, 0) is 18.2 Å². The lowest BCUT2D eigenvalue weighted by Gasteiger charge is -1.85. The van der Waals surface area contributed by atoms with Crippen LogP contribution in [0.3, 0.4) is 0 Å². The molecular formula is C8H9NO. The molecule has 0 spiro atoms. The summed E-state index contributed by atoms with van der Waals surface area (Å²) in [5.41, 5.74) is 1.12. The van der Waals surface area contributed by atoms with Gasteiger partial charge in [0.1, 0.15) is 6.29 Å². The van der Waals surface area contributed by atoms with Gasteiger partial charge in [0.15, 0.2) is 0 Å². The van der Waals surface area contributed by atoms with Gasteiger partial charge < -0.3 is 4.98 Å². The average molecular weight is 135 g/mol. The van der Waals surface area contributed by atoms with Crippen LogP contribution in [0, 0.1) is 0 Å². The van der Waals surface area contributed by atoms with E-state index in [9.17, 15) is 4.79 Å². The highest BCUT2D eigenvalue weighted by atomic mass is 16.1. The zero-order chi connectivity index (χ0) is 7.23. The molecular weight excluding hydrogens is 126 g/mol. The van der Waals surface area contributed by atoms with Crippen LogP contribution in [-0.2, 0) is 11.2 Å². The van der Waals surface area contributed by atoms with Crippen LogP contribution in [-0.4, -0.2) is 11.3 Å². The summed E-state index contributed by atoms with van der Waals surface area (Å²) in [7, 11) is 0. The molecule has 0 aliphatic rings. The summed E-state index contributed by atoms with van der Waals surface area (Å²) < 4.78 is 0. The highest BCUT2D eigenvalue weighted by Gasteiger charge is 1.84. The summed E-state index contributed by atoms with van der Waals surface area (Å²) in [4.78, 5) is 12.9. The molecule has 1 aromatic heterocycles. The number of hydrogen-bond donors (Lipinski definition) is 1. The maximum Gasteiger partial charge on any atom is 0.142 e. The summed E-state index contributed by atoms with van der Waals surface area (Å²) in [6, 6.07) is 3.92. The number of allylic oxidation sites excluding steroid dienone is 2. The van der Waals surface area contributed by atoms with E-state index < -0.39 is 0 Å². The quantitative estimate of drug-likeness (QED) is 0.492. The molecule has 0 aromatic carbocycles. The monoisotopic (exact) mass is 135 g/mol. The fourth-order valence-corrected chi connectivity index (χ4v) is 0.745. The van der Waals surface area contributed by atoms with Crippen molar-refractivity contribution in [1.29, 1.82) is 0 Å². The molecule has 0 bridgehead atoms. The Balaban J connectivity index is 2.41. The number of hydrogen-bond acceptors (Lipinski definition) is 1. The Bertz CT molecular complexity index is 211. The zero-order valence-corrected chi connectivity index (χ0v) is 5.58. The Hall–Kier alpha value is -1.31. The summed E-state index contributed by atoms with van der Waals surface area (Å²) in [5, 5.41) is 0. The SMILES string of the molecule is O=CC=CCc1ccc[nH]1. The third-order valence-corrected chi connectivity index (χ3v) is 1.21. The predicted octanol–water partition coefficient (Wildman–Crippen LogP) is 1.31. The van der Waals surface area contributed by atoms with Gasteiger partial charge in [-0.25, -0.2) is 0 Å². The Morgan fingerprint density at radius 3 is 3.10 bits per heavy atom. The Labute approximate surface area is 59.6 Å². The molecule has 2 heteroatoms. The van der Waals surface area contributed by atoms with Crippen molar-refractivity contribution in [1.82, 2.24) is 4.98 Å². The van der Waals surface area contributed by atoms with E-state index in [4.69, 9.17) is 0 Å². The first-order chi connectivity index (χ1) is 4.93. The van der Waals surface area contributed by atoms with Gasteiger partial charge in [0.25, 0.3) is 0 Å². The van der Waals surface area contributed by atoms with E-state index in [1.54, 1.807) is 0 Å². The highest BCUT2D eigenvalue weighted by molar-refractivity contribution is 5.64. The second-order valence-corrected chi connectivity index (χ2v) is 1.96. The molecule has 0 fully saturated rings. The van der Waals surface area contributed by atoms with Crippen LogP contribution in [0.5, 0.6) is 0 Å². The number of aromatic nitrogens is 1. The molecule has 0 unspecified atom stereocenters. The van der Waals surface area contributed by atoms with E-state index in [0.717, 1.165) is 18.4 Å². The van der Waals surface area contributed by atoms with Gasteiger partial charge >= 0.3 is 0 Å². The summed E-state index contributed by atoms with van der Waals surface area (Å²) in [6.45, 7) is 0. The fourth-order valence-electron chi connectivity index (χ4n) is 0.745. The molecule has 1 aromatic rings. The lowest BCUT2D eigenvalue weighted by atomic mass is 10.3. The molecule has 1 N–H and O–H groups in total. The van der Waals surface area contributed by atoms with Crippen molar-refractivity contribution in [2.45, 2.75) is 6.42 Å². The van der Waals surface area contributed by atoms with Crippen LogP contribution in [0.1, 0.15) is 5.69 Å². The molecule has 2 nitrogen and oxygen atoms in total. The van der Waals surface area contributed by atoms with Gasteiger partial charge in [0.2, 0.25) is 0 Å². The van der Waals surface area contributed by atoms with E-state index in [1.807, 2.05) is 24.4 Å². The minimum absolute atomic E-state index is 0.781. The molecule has 1 rings (SSSR count). The minimum atomic E-state index is 0.781. The van der Waals surface area contributed by atoms with Gasteiger partial charge in [0, 0.05) is 18.3 Å². The van der Waals surface area contributed by atoms with E-state index >= 15 is 0 Å². The number of carbonyl (C=O) groups excluding carboxylic acids is 1. The molecule has 0 aliphatic heterocycles. The number of carbonyl (C=O) groups is 1. The molecule has 0 radical (unpaired) electrons. The minimum Gasteiger partial charge on any atom is -0.365 e. The highest BCUT2D eigenvalue weighted by Crippen LogP contribution is 1.95. The van der Waals surface area contributed by atoms with Crippen molar-refractivity contribution in [3.63, 3.8) is 0 Å². The van der Waals surface area contributed by atoms with Crippen molar-refractivity contribution in [2.75, 3.05) is 0 Å². The maximum atomic E-state index is 9.84. The van der Waals surface area contributed by atoms with Crippen LogP contribution in [0.2, 0.25) is 0 Å². The first-order valence-electron chi connectivity index (χ1n) is 3.16. The van der Waals surface area contributed by atoms with E-state index in [0.29, 0.717) is 0 Å². The zero-order valence-electron chi connectivity index (χ0n) is 5.58. The van der Waals surface area contributed by atoms with Crippen molar-refractivity contribution in [3.8, 4) is 0 Å². The standard InChI is InChI=1S/C8H9NO/c10-7-2-1-4-8-5-3-6-9-8/h1-3,5-7,9H,4H2. The number of rotatable bonds is 3. The van der Waals surface area contributed by atoms with E-state index in [1.165, 1.54) is 6.08 Å². The second-order valence-electron chi connectivity index (χ2n) is 1.96. The molecule has 10 heavy (non-hydrogen) atoms. The molecule has 0 amide bonds. The van der Waals surface area contributed by atoms with Gasteiger partial charge in [0.05, 0.1) is 0 Å². The first-order valence-corrected chi connectivity index (χ1v) is 3.16. The van der Waals surface area contributed by atoms with Crippen LogP contribution < -0.4 is 0 Å². The van der Waals surface area contributed by atoms with Crippen LogP contribution in [0.15, 0.2) is 30.5 Å². The topological polar surface area (TPSA) is 32.9 Å². The Morgan fingerprint density at radius 1 is 1.60 bits per heavy atom. The maximum absolute atomic E-state index is 9.84. The predicted molar refractivity (Wildman–Crippen MR) is 39.7 cm³/mol. The fraction of sp³-hybridized carbons (Fsp3) is 0.125. The number of nitrogens with one attached hydrogen (secondary N) is 1. The smallest absolute Gasteiger partial charge is 0.142 e. The molecule has 0 saturated heterocycles. The van der Waals surface area contributed by atoms with Crippen molar-refractivity contribution >= 4 is 6.29 Å². The first kappa shape index (κ1) is 6.81. The lowest BCUT2D eigenvalue weighted by Crippen LogP contribution is -1.77. The van der Waals surface area contributed by atoms with Gasteiger partial charge in [-0.1, -0.05) is 6.08 Å². The van der Waals surface area contributed by atoms with Crippen molar-refractivity contribution < 1.29 is 4.79 Å².